The van der Waals surface area contributed by atoms with Gasteiger partial charge in [0.2, 0.25) is 5.91 Å². The van der Waals surface area contributed by atoms with Gasteiger partial charge in [-0.1, -0.05) is 0 Å². The summed E-state index contributed by atoms with van der Waals surface area (Å²) in [4.78, 5) is 24.3. The Kier molecular flexibility index (Phi) is 4.86. The molecule has 0 saturated carbocycles. The van der Waals surface area contributed by atoms with Gasteiger partial charge in [0.1, 0.15) is 0 Å². The summed E-state index contributed by atoms with van der Waals surface area (Å²) >= 11 is 0. The van der Waals surface area contributed by atoms with Crippen LogP contribution in [0, 0.1) is 0 Å². The Hall–Kier alpha value is -1.18. The summed E-state index contributed by atoms with van der Waals surface area (Å²) in [7, 11) is 1.53. The lowest BCUT2D eigenvalue weighted by molar-refractivity contribution is -0.129. The quantitative estimate of drug-likeness (QED) is 0.514. The molecule has 0 radical (unpaired) electrons. The highest BCUT2D eigenvalue weighted by molar-refractivity contribution is 5.95. The van der Waals surface area contributed by atoms with Gasteiger partial charge in [0.25, 0.3) is 0 Å². The third kappa shape index (κ3) is 5.12. The fourth-order valence-corrected chi connectivity index (χ4v) is 1.71. The maximum Gasteiger partial charge on any atom is 0.321 e. The van der Waals surface area contributed by atoms with Crippen LogP contribution in [-0.2, 0) is 9.53 Å². The smallest absolute Gasteiger partial charge is 0.321 e. The number of carbonyl (C=O) groups is 2. The highest BCUT2D eigenvalue weighted by Crippen LogP contribution is 2.18. The molecular formula is C10H19N3O4. The van der Waals surface area contributed by atoms with Gasteiger partial charge in [-0.05, 0) is 6.92 Å². The number of nitrogens with one attached hydrogen (secondary N) is 2. The first-order valence-corrected chi connectivity index (χ1v) is 5.44. The fraction of sp³-hybridized carbons (Fsp3) is 0.800. The molecule has 0 atom stereocenters. The zero-order chi connectivity index (χ0) is 12.9. The number of amides is 3. The summed E-state index contributed by atoms with van der Waals surface area (Å²) < 4.78 is 4.75. The summed E-state index contributed by atoms with van der Waals surface area (Å²) in [5.41, 5.74) is -0.707. The van der Waals surface area contributed by atoms with Crippen molar-refractivity contribution in [1.29, 1.82) is 0 Å². The van der Waals surface area contributed by atoms with Crippen LogP contribution >= 0.6 is 0 Å². The van der Waals surface area contributed by atoms with Crippen molar-refractivity contribution < 1.29 is 19.4 Å². The predicted octanol–water partition coefficient (Wildman–Crippen LogP) is -1.47. The summed E-state index contributed by atoms with van der Waals surface area (Å²) in [6, 6.07) is -0.528. The van der Waals surface area contributed by atoms with E-state index in [0.29, 0.717) is 26.2 Å². The van der Waals surface area contributed by atoms with E-state index in [-0.39, 0.29) is 12.5 Å². The highest BCUT2D eigenvalue weighted by atomic mass is 16.5. The minimum Gasteiger partial charge on any atom is -0.388 e. The Morgan fingerprint density at radius 1 is 1.47 bits per heavy atom. The van der Waals surface area contributed by atoms with Crippen LogP contribution in [0.4, 0.5) is 4.79 Å². The van der Waals surface area contributed by atoms with Crippen LogP contribution in [0.5, 0.6) is 0 Å². The Labute approximate surface area is 100 Å². The molecule has 7 nitrogen and oxygen atoms in total. The van der Waals surface area contributed by atoms with Crippen LogP contribution in [0.15, 0.2) is 0 Å². The van der Waals surface area contributed by atoms with Crippen LogP contribution in [0.2, 0.25) is 0 Å². The lowest BCUT2D eigenvalue weighted by Gasteiger charge is -2.43. The van der Waals surface area contributed by atoms with Crippen molar-refractivity contribution in [2.45, 2.75) is 12.5 Å². The van der Waals surface area contributed by atoms with Crippen molar-refractivity contribution in [2.75, 3.05) is 39.9 Å². The monoisotopic (exact) mass is 245 g/mol. The lowest BCUT2D eigenvalue weighted by Crippen LogP contribution is -2.62. The molecule has 0 aromatic carbocycles. The fourth-order valence-electron chi connectivity index (χ4n) is 1.71. The molecule has 1 aliphatic rings. The van der Waals surface area contributed by atoms with E-state index in [9.17, 15) is 14.7 Å². The maximum absolute atomic E-state index is 11.4. The van der Waals surface area contributed by atoms with Crippen LogP contribution in [0.1, 0.15) is 6.92 Å². The molecule has 0 aromatic heterocycles. The standard InChI is InChI=1S/C10H19N3O4/c1-10(16)6-13(7-10)5-8(14)12-9(15)11-3-4-17-2/h16H,3-7H2,1-2H3,(H2,11,12,14,15). The number of aliphatic hydroxyl groups is 1. The van der Waals surface area contributed by atoms with Gasteiger partial charge in [-0.25, -0.2) is 4.79 Å². The second-order valence-electron chi connectivity index (χ2n) is 4.44. The molecule has 1 aliphatic heterocycles. The van der Waals surface area contributed by atoms with Crippen molar-refractivity contribution in [2.24, 2.45) is 0 Å². The van der Waals surface area contributed by atoms with Gasteiger partial charge in [0, 0.05) is 26.7 Å². The molecule has 1 heterocycles. The van der Waals surface area contributed by atoms with Gasteiger partial charge < -0.3 is 15.2 Å². The molecule has 17 heavy (non-hydrogen) atoms. The number of nitrogens with zero attached hydrogens (tertiary/aromatic N) is 1. The molecular weight excluding hydrogens is 226 g/mol. The lowest BCUT2D eigenvalue weighted by atomic mass is 9.97. The average Bonchev–Trinajstić information content (AvgIpc) is 2.14. The third-order valence-electron chi connectivity index (χ3n) is 2.34. The van der Waals surface area contributed by atoms with E-state index < -0.39 is 11.6 Å². The highest BCUT2D eigenvalue weighted by Gasteiger charge is 2.37. The minimum absolute atomic E-state index is 0.119. The van der Waals surface area contributed by atoms with E-state index in [0.717, 1.165) is 0 Å². The first kappa shape index (κ1) is 13.9. The largest absolute Gasteiger partial charge is 0.388 e. The predicted molar refractivity (Wildman–Crippen MR) is 60.5 cm³/mol. The number of likely N-dealkylation sites (tertiary alicyclic amines) is 1. The van der Waals surface area contributed by atoms with Crippen molar-refractivity contribution >= 4 is 11.9 Å². The number of β-amino-alcohol motifs (C(OH)–C–C–N with tert-alkyl or cyclic N) is 1. The zero-order valence-corrected chi connectivity index (χ0v) is 10.2. The molecule has 0 bridgehead atoms. The van der Waals surface area contributed by atoms with Crippen LogP contribution in [0.3, 0.4) is 0 Å². The Morgan fingerprint density at radius 3 is 2.65 bits per heavy atom. The second kappa shape index (κ2) is 5.95. The number of hydrogen-bond acceptors (Lipinski definition) is 5. The van der Waals surface area contributed by atoms with Crippen molar-refractivity contribution in [3.8, 4) is 0 Å². The molecule has 0 spiro atoms. The van der Waals surface area contributed by atoms with E-state index in [4.69, 9.17) is 4.74 Å². The average molecular weight is 245 g/mol. The van der Waals surface area contributed by atoms with Gasteiger partial charge in [-0.2, -0.15) is 0 Å². The molecule has 3 N–H and O–H groups in total. The Balaban J connectivity index is 2.11. The van der Waals surface area contributed by atoms with Gasteiger partial charge in [0.05, 0.1) is 18.8 Å². The topological polar surface area (TPSA) is 90.9 Å². The summed E-state index contributed by atoms with van der Waals surface area (Å²) in [6.45, 7) is 3.48. The second-order valence-corrected chi connectivity index (χ2v) is 4.44. The Bertz CT molecular complexity index is 285. The van der Waals surface area contributed by atoms with Gasteiger partial charge in [-0.15, -0.1) is 0 Å². The first-order chi connectivity index (χ1) is 7.93. The molecule has 3 amide bonds. The molecule has 7 heteroatoms. The van der Waals surface area contributed by atoms with Gasteiger partial charge in [0.15, 0.2) is 0 Å². The summed E-state index contributed by atoms with van der Waals surface area (Å²) in [6.07, 6.45) is 0. The van der Waals surface area contributed by atoms with E-state index in [1.165, 1.54) is 7.11 Å². The van der Waals surface area contributed by atoms with E-state index in [1.807, 2.05) is 0 Å². The first-order valence-electron chi connectivity index (χ1n) is 5.44. The molecule has 98 valence electrons. The van der Waals surface area contributed by atoms with E-state index in [2.05, 4.69) is 10.6 Å². The minimum atomic E-state index is -0.707. The third-order valence-corrected chi connectivity index (χ3v) is 2.34. The number of imide groups is 1. The van der Waals surface area contributed by atoms with Crippen LogP contribution in [-0.4, -0.2) is 67.4 Å². The van der Waals surface area contributed by atoms with Crippen molar-refractivity contribution in [3.63, 3.8) is 0 Å². The number of carbonyl (C=O) groups excluding carboxylic acids is 2. The normalized spacial score (nSPS) is 18.3. The molecule has 0 unspecified atom stereocenters. The van der Waals surface area contributed by atoms with Crippen molar-refractivity contribution in [1.82, 2.24) is 15.5 Å². The molecule has 1 saturated heterocycles. The number of hydrogen-bond donors (Lipinski definition) is 3. The summed E-state index contributed by atoms with van der Waals surface area (Å²) in [5.74, 6) is -0.379. The Morgan fingerprint density at radius 2 is 2.12 bits per heavy atom. The van der Waals surface area contributed by atoms with Crippen molar-refractivity contribution in [3.05, 3.63) is 0 Å². The molecule has 0 aliphatic carbocycles. The number of methoxy groups -OCH3 is 1. The van der Waals surface area contributed by atoms with Gasteiger partial charge >= 0.3 is 6.03 Å². The maximum atomic E-state index is 11.4. The summed E-state index contributed by atoms with van der Waals surface area (Å²) in [5, 5.41) is 14.1. The number of ether oxygens (including phenoxy) is 1. The molecule has 1 fully saturated rings. The molecule has 1 rings (SSSR count). The number of rotatable bonds is 5. The van der Waals surface area contributed by atoms with Crippen LogP contribution < -0.4 is 10.6 Å². The van der Waals surface area contributed by atoms with E-state index >= 15 is 0 Å². The number of urea groups is 1. The van der Waals surface area contributed by atoms with Gasteiger partial charge in [-0.3, -0.25) is 15.0 Å². The molecule has 0 aromatic rings. The van der Waals surface area contributed by atoms with E-state index in [1.54, 1.807) is 11.8 Å². The SMILES string of the molecule is COCCNC(=O)NC(=O)CN1CC(C)(O)C1. The van der Waals surface area contributed by atoms with Crippen LogP contribution in [0.25, 0.3) is 0 Å². The zero-order valence-electron chi connectivity index (χ0n) is 10.2.